The summed E-state index contributed by atoms with van der Waals surface area (Å²) in [6.07, 6.45) is 1.32. The molecule has 10 nitrogen and oxygen atoms in total. The van der Waals surface area contributed by atoms with Crippen LogP contribution in [0.25, 0.3) is 11.3 Å². The molecule has 1 heterocycles. The third kappa shape index (κ3) is 4.50. The summed E-state index contributed by atoms with van der Waals surface area (Å²) in [7, 11) is 1.52. The summed E-state index contributed by atoms with van der Waals surface area (Å²) in [6.45, 7) is 0. The predicted octanol–water partition coefficient (Wildman–Crippen LogP) is 4.87. The Balaban J connectivity index is 1.76. The summed E-state index contributed by atoms with van der Waals surface area (Å²) in [5.41, 5.74) is 2.37. The number of rotatable bonds is 7. The van der Waals surface area contributed by atoms with Gasteiger partial charge in [-0.2, -0.15) is 5.10 Å². The van der Waals surface area contributed by atoms with Gasteiger partial charge in [0, 0.05) is 11.6 Å². The molecule has 0 bridgehead atoms. The van der Waals surface area contributed by atoms with Gasteiger partial charge in [-0.3, -0.25) is 25.7 Å². The maximum Gasteiger partial charge on any atom is 0.301 e. The first-order valence-corrected chi connectivity index (χ1v) is 8.42. The van der Waals surface area contributed by atoms with Gasteiger partial charge in [0.05, 0.1) is 34.3 Å². The highest BCUT2D eigenvalue weighted by atomic mass is 35.5. The second kappa shape index (κ2) is 8.40. The van der Waals surface area contributed by atoms with Crippen LogP contribution in [0.4, 0.5) is 17.1 Å². The number of hydrazone groups is 1. The SMILES string of the molecule is COc1ccc(-c2ccc(/C=N/Nc3ccc([N+](=O)[O-])cc3[N+](=O)[O-])o2)cc1Cl. The highest BCUT2D eigenvalue weighted by Gasteiger charge is 2.19. The minimum absolute atomic E-state index is 0.00515. The number of methoxy groups -OCH3 is 1. The van der Waals surface area contributed by atoms with Crippen LogP contribution in [-0.4, -0.2) is 23.2 Å². The van der Waals surface area contributed by atoms with E-state index in [0.717, 1.165) is 17.7 Å². The van der Waals surface area contributed by atoms with Gasteiger partial charge in [0.2, 0.25) is 0 Å². The van der Waals surface area contributed by atoms with Crippen LogP contribution in [-0.2, 0) is 0 Å². The Morgan fingerprint density at radius 2 is 1.90 bits per heavy atom. The normalized spacial score (nSPS) is 10.8. The molecule has 0 fully saturated rings. The van der Waals surface area contributed by atoms with E-state index >= 15 is 0 Å². The van der Waals surface area contributed by atoms with Crippen molar-refractivity contribution in [1.82, 2.24) is 0 Å². The molecule has 1 N–H and O–H groups in total. The molecule has 29 heavy (non-hydrogen) atoms. The molecule has 0 aliphatic rings. The highest BCUT2D eigenvalue weighted by Crippen LogP contribution is 2.31. The molecule has 0 unspecified atom stereocenters. The van der Waals surface area contributed by atoms with Crippen molar-refractivity contribution in [1.29, 1.82) is 0 Å². The van der Waals surface area contributed by atoms with E-state index in [1.807, 2.05) is 0 Å². The van der Waals surface area contributed by atoms with Crippen molar-refractivity contribution in [3.8, 4) is 17.1 Å². The molecule has 3 rings (SSSR count). The first kappa shape index (κ1) is 19.8. The van der Waals surface area contributed by atoms with Gasteiger partial charge in [0.1, 0.15) is 23.0 Å². The lowest BCUT2D eigenvalue weighted by Crippen LogP contribution is -1.98. The van der Waals surface area contributed by atoms with Crippen molar-refractivity contribution in [2.75, 3.05) is 12.5 Å². The Morgan fingerprint density at radius 1 is 1.10 bits per heavy atom. The zero-order valence-electron chi connectivity index (χ0n) is 14.9. The quantitative estimate of drug-likeness (QED) is 0.330. The van der Waals surface area contributed by atoms with Crippen LogP contribution >= 0.6 is 11.6 Å². The van der Waals surface area contributed by atoms with Crippen LogP contribution in [0, 0.1) is 20.2 Å². The van der Waals surface area contributed by atoms with Crippen LogP contribution in [0.1, 0.15) is 5.76 Å². The summed E-state index contributed by atoms with van der Waals surface area (Å²) >= 11 is 6.11. The number of hydrogen-bond donors (Lipinski definition) is 1. The van der Waals surface area contributed by atoms with Gasteiger partial charge in [0.15, 0.2) is 0 Å². The van der Waals surface area contributed by atoms with Gasteiger partial charge in [-0.15, -0.1) is 0 Å². The van der Waals surface area contributed by atoms with Crippen molar-refractivity contribution in [3.63, 3.8) is 0 Å². The van der Waals surface area contributed by atoms with Gasteiger partial charge >= 0.3 is 5.69 Å². The fourth-order valence-electron chi connectivity index (χ4n) is 2.44. The third-order valence-corrected chi connectivity index (χ3v) is 4.12. The molecule has 0 saturated heterocycles. The Hall–Kier alpha value is -3.92. The van der Waals surface area contributed by atoms with E-state index in [-0.39, 0.29) is 11.4 Å². The van der Waals surface area contributed by atoms with Gasteiger partial charge in [0.25, 0.3) is 5.69 Å². The molecule has 0 radical (unpaired) electrons. The minimum Gasteiger partial charge on any atom is -0.495 e. The summed E-state index contributed by atoms with van der Waals surface area (Å²) < 4.78 is 10.8. The Kier molecular flexibility index (Phi) is 5.74. The van der Waals surface area contributed by atoms with Crippen LogP contribution in [0.5, 0.6) is 5.75 Å². The predicted molar refractivity (Wildman–Crippen MR) is 107 cm³/mol. The monoisotopic (exact) mass is 416 g/mol. The molecule has 11 heteroatoms. The van der Waals surface area contributed by atoms with E-state index in [4.69, 9.17) is 20.8 Å². The molecule has 0 aliphatic carbocycles. The summed E-state index contributed by atoms with van der Waals surface area (Å²) in [4.78, 5) is 20.4. The average molecular weight is 417 g/mol. The molecule has 0 aliphatic heterocycles. The molecule has 0 spiro atoms. The molecule has 1 aromatic heterocycles. The second-order valence-corrected chi connectivity index (χ2v) is 6.04. The van der Waals surface area contributed by atoms with Gasteiger partial charge in [-0.25, -0.2) is 0 Å². The first-order chi connectivity index (χ1) is 13.9. The molecule has 0 saturated carbocycles. The van der Waals surface area contributed by atoms with E-state index in [1.54, 1.807) is 30.3 Å². The number of nitrogens with one attached hydrogen (secondary N) is 1. The number of nitro benzene ring substituents is 2. The third-order valence-electron chi connectivity index (χ3n) is 3.83. The number of ether oxygens (including phenoxy) is 1. The maximum absolute atomic E-state index is 11.1. The van der Waals surface area contributed by atoms with E-state index in [2.05, 4.69) is 10.5 Å². The van der Waals surface area contributed by atoms with Gasteiger partial charge < -0.3 is 9.15 Å². The summed E-state index contributed by atoms with van der Waals surface area (Å²) in [6, 6.07) is 11.8. The average Bonchev–Trinajstić information content (AvgIpc) is 3.16. The second-order valence-electron chi connectivity index (χ2n) is 5.64. The zero-order chi connectivity index (χ0) is 21.0. The largest absolute Gasteiger partial charge is 0.495 e. The fourth-order valence-corrected chi connectivity index (χ4v) is 2.70. The molecule has 3 aromatic rings. The van der Waals surface area contributed by atoms with Crippen LogP contribution in [0.2, 0.25) is 5.02 Å². The van der Waals surface area contributed by atoms with E-state index in [9.17, 15) is 20.2 Å². The van der Waals surface area contributed by atoms with Crippen molar-refractivity contribution < 1.29 is 19.0 Å². The number of furan rings is 1. The highest BCUT2D eigenvalue weighted by molar-refractivity contribution is 6.32. The molecule has 148 valence electrons. The lowest BCUT2D eigenvalue weighted by atomic mass is 10.2. The number of non-ortho nitro benzene ring substituents is 1. The smallest absolute Gasteiger partial charge is 0.301 e. The lowest BCUT2D eigenvalue weighted by molar-refractivity contribution is -0.393. The molecule has 0 amide bonds. The standard InChI is InChI=1S/C18H13ClN4O6/c1-28-18-6-2-11(8-14(18)19)17-7-4-13(29-17)10-20-21-15-5-3-12(22(24)25)9-16(15)23(26)27/h2-10,21H,1H3/b20-10+. The van der Waals surface area contributed by atoms with Crippen molar-refractivity contribution in [2.24, 2.45) is 5.10 Å². The molecule has 0 atom stereocenters. The Bertz CT molecular complexity index is 1110. The summed E-state index contributed by atoms with van der Waals surface area (Å²) in [5.74, 6) is 1.46. The van der Waals surface area contributed by atoms with Crippen molar-refractivity contribution in [3.05, 3.63) is 79.5 Å². The lowest BCUT2D eigenvalue weighted by Gasteiger charge is -2.04. The van der Waals surface area contributed by atoms with Gasteiger partial charge in [-0.1, -0.05) is 11.6 Å². The Labute approximate surface area is 168 Å². The number of halogens is 1. The van der Waals surface area contributed by atoms with Crippen LogP contribution < -0.4 is 10.2 Å². The number of nitrogens with zero attached hydrogens (tertiary/aromatic N) is 3. The maximum atomic E-state index is 11.1. The molecule has 2 aromatic carbocycles. The van der Waals surface area contributed by atoms with E-state index < -0.39 is 15.5 Å². The van der Waals surface area contributed by atoms with Gasteiger partial charge in [-0.05, 0) is 36.4 Å². The number of anilines is 1. The summed E-state index contributed by atoms with van der Waals surface area (Å²) in [5, 5.41) is 26.2. The topological polar surface area (TPSA) is 133 Å². The number of nitro groups is 2. The zero-order valence-corrected chi connectivity index (χ0v) is 15.6. The number of hydrogen-bond acceptors (Lipinski definition) is 8. The number of benzene rings is 2. The molecular formula is C18H13ClN4O6. The molecular weight excluding hydrogens is 404 g/mol. The minimum atomic E-state index is -0.733. The van der Waals surface area contributed by atoms with E-state index in [0.29, 0.717) is 22.3 Å². The van der Waals surface area contributed by atoms with E-state index in [1.165, 1.54) is 19.4 Å². The van der Waals surface area contributed by atoms with Crippen molar-refractivity contribution in [2.45, 2.75) is 0 Å². The van der Waals surface area contributed by atoms with Crippen molar-refractivity contribution >= 4 is 34.9 Å². The van der Waals surface area contributed by atoms with Crippen LogP contribution in [0.3, 0.4) is 0 Å². The fraction of sp³-hybridized carbons (Fsp3) is 0.0556. The first-order valence-electron chi connectivity index (χ1n) is 8.04. The Morgan fingerprint density at radius 3 is 2.55 bits per heavy atom. The van der Waals surface area contributed by atoms with Crippen LogP contribution in [0.15, 0.2) is 58.0 Å².